The summed E-state index contributed by atoms with van der Waals surface area (Å²) in [7, 11) is 0. The second-order valence-corrected chi connectivity index (χ2v) is 6.49. The van der Waals surface area contributed by atoms with Gasteiger partial charge in [-0.1, -0.05) is 36.4 Å². The van der Waals surface area contributed by atoms with E-state index in [2.05, 4.69) is 4.98 Å². The third-order valence-corrected chi connectivity index (χ3v) is 4.69. The number of benzene rings is 1. The largest absolute Gasteiger partial charge is 0.334 e. The number of carbonyl (C=O) groups is 1. The molecular weight excluding hydrogens is 326 g/mol. The van der Waals surface area contributed by atoms with Gasteiger partial charge >= 0.3 is 0 Å². The molecule has 2 aromatic heterocycles. The van der Waals surface area contributed by atoms with Crippen molar-refractivity contribution in [2.75, 3.05) is 6.54 Å². The lowest BCUT2D eigenvalue weighted by Gasteiger charge is -2.28. The minimum Gasteiger partial charge on any atom is -0.334 e. The second kappa shape index (κ2) is 6.59. The molecule has 1 aliphatic rings. The lowest BCUT2D eigenvalue weighted by Crippen LogP contribution is -2.40. The summed E-state index contributed by atoms with van der Waals surface area (Å²) in [5.41, 5.74) is 3.62. The monoisotopic (exact) mass is 345 g/mol. The molecule has 26 heavy (non-hydrogen) atoms. The van der Waals surface area contributed by atoms with Crippen LogP contribution in [-0.4, -0.2) is 26.7 Å². The average Bonchev–Trinajstić information content (AvgIpc) is 2.68. The molecule has 0 atom stereocenters. The SMILES string of the molecule is C/C(=C\c1ccccc1)C(=O)N1CCc2nc3ccccn3c(=O)c2C1. The highest BCUT2D eigenvalue weighted by molar-refractivity contribution is 5.97. The van der Waals surface area contributed by atoms with E-state index >= 15 is 0 Å². The van der Waals surface area contributed by atoms with Crippen LogP contribution >= 0.6 is 0 Å². The fourth-order valence-electron chi connectivity index (χ4n) is 3.33. The predicted molar refractivity (Wildman–Crippen MR) is 101 cm³/mol. The van der Waals surface area contributed by atoms with Crippen LogP contribution in [0, 0.1) is 0 Å². The van der Waals surface area contributed by atoms with Crippen molar-refractivity contribution in [1.82, 2.24) is 14.3 Å². The van der Waals surface area contributed by atoms with Crippen molar-refractivity contribution in [2.45, 2.75) is 19.9 Å². The van der Waals surface area contributed by atoms with Gasteiger partial charge in [-0.2, -0.15) is 0 Å². The van der Waals surface area contributed by atoms with E-state index in [4.69, 9.17) is 0 Å². The molecule has 0 aliphatic carbocycles. The van der Waals surface area contributed by atoms with Crippen molar-refractivity contribution in [2.24, 2.45) is 0 Å². The van der Waals surface area contributed by atoms with Crippen molar-refractivity contribution < 1.29 is 4.79 Å². The summed E-state index contributed by atoms with van der Waals surface area (Å²) in [6.45, 7) is 2.69. The summed E-state index contributed by atoms with van der Waals surface area (Å²) in [4.78, 5) is 31.9. The van der Waals surface area contributed by atoms with Gasteiger partial charge in [-0.25, -0.2) is 4.98 Å². The molecule has 5 heteroatoms. The summed E-state index contributed by atoms with van der Waals surface area (Å²) in [6, 6.07) is 15.3. The van der Waals surface area contributed by atoms with Gasteiger partial charge in [0, 0.05) is 24.7 Å². The molecule has 0 saturated carbocycles. The fraction of sp³-hybridized carbons (Fsp3) is 0.190. The smallest absolute Gasteiger partial charge is 0.263 e. The molecular formula is C21H19N3O2. The van der Waals surface area contributed by atoms with Gasteiger partial charge in [-0.15, -0.1) is 0 Å². The Morgan fingerprint density at radius 3 is 2.69 bits per heavy atom. The Bertz CT molecular complexity index is 1070. The van der Waals surface area contributed by atoms with Crippen LogP contribution in [0.5, 0.6) is 0 Å². The van der Waals surface area contributed by atoms with Crippen LogP contribution in [-0.2, 0) is 17.8 Å². The Kier molecular flexibility index (Phi) is 4.13. The molecule has 1 aromatic carbocycles. The van der Waals surface area contributed by atoms with Crippen LogP contribution in [0.1, 0.15) is 23.7 Å². The van der Waals surface area contributed by atoms with Crippen LogP contribution in [0.15, 0.2) is 65.1 Å². The van der Waals surface area contributed by atoms with Crippen LogP contribution in [0.2, 0.25) is 0 Å². The number of hydrogen-bond donors (Lipinski definition) is 0. The van der Waals surface area contributed by atoms with Crippen LogP contribution in [0.3, 0.4) is 0 Å². The molecule has 0 N–H and O–H groups in total. The number of amides is 1. The first-order valence-corrected chi connectivity index (χ1v) is 8.65. The summed E-state index contributed by atoms with van der Waals surface area (Å²) in [5.74, 6) is -0.0444. The number of aromatic nitrogens is 2. The molecule has 0 radical (unpaired) electrons. The second-order valence-electron chi connectivity index (χ2n) is 6.49. The molecule has 0 unspecified atom stereocenters. The Morgan fingerprint density at radius 2 is 1.88 bits per heavy atom. The number of pyridine rings is 1. The third kappa shape index (κ3) is 2.92. The highest BCUT2D eigenvalue weighted by Gasteiger charge is 2.25. The first kappa shape index (κ1) is 16.3. The minimum absolute atomic E-state index is 0.0444. The van der Waals surface area contributed by atoms with E-state index in [1.807, 2.05) is 55.5 Å². The number of rotatable bonds is 2. The van der Waals surface area contributed by atoms with Crippen molar-refractivity contribution in [3.05, 3.63) is 87.5 Å². The summed E-state index contributed by atoms with van der Waals surface area (Å²) in [5, 5.41) is 0. The lowest BCUT2D eigenvalue weighted by atomic mass is 10.0. The standard InChI is InChI=1S/C21H19N3O2/c1-15(13-16-7-3-2-4-8-16)20(25)23-12-10-18-17(14-23)21(26)24-11-6-5-9-19(24)22-18/h2-9,11,13H,10,12,14H2,1H3/b15-13+. The molecule has 0 bridgehead atoms. The highest BCUT2D eigenvalue weighted by atomic mass is 16.2. The summed E-state index contributed by atoms with van der Waals surface area (Å²) < 4.78 is 1.54. The van der Waals surface area contributed by atoms with E-state index in [0.717, 1.165) is 11.3 Å². The van der Waals surface area contributed by atoms with Crippen molar-refractivity contribution in [1.29, 1.82) is 0 Å². The molecule has 3 aromatic rings. The van der Waals surface area contributed by atoms with Gasteiger partial charge in [-0.3, -0.25) is 14.0 Å². The Labute approximate surface area is 151 Å². The Hall–Kier alpha value is -3.21. The van der Waals surface area contributed by atoms with Crippen LogP contribution in [0.4, 0.5) is 0 Å². The van der Waals surface area contributed by atoms with Crippen molar-refractivity contribution >= 4 is 17.6 Å². The van der Waals surface area contributed by atoms with E-state index < -0.39 is 0 Å². The fourth-order valence-corrected chi connectivity index (χ4v) is 3.33. The summed E-state index contributed by atoms with van der Waals surface area (Å²) in [6.07, 6.45) is 4.19. The molecule has 3 heterocycles. The zero-order valence-electron chi connectivity index (χ0n) is 14.6. The third-order valence-electron chi connectivity index (χ3n) is 4.69. The number of nitrogens with zero attached hydrogens (tertiary/aromatic N) is 3. The molecule has 5 nitrogen and oxygen atoms in total. The average molecular weight is 345 g/mol. The van der Waals surface area contributed by atoms with Crippen molar-refractivity contribution in [3.63, 3.8) is 0 Å². The topological polar surface area (TPSA) is 54.7 Å². The molecule has 1 aliphatic heterocycles. The zero-order valence-corrected chi connectivity index (χ0v) is 14.6. The maximum Gasteiger partial charge on any atom is 0.263 e. The quantitative estimate of drug-likeness (QED) is 0.671. The number of fused-ring (bicyclic) bond motifs is 2. The number of hydrogen-bond acceptors (Lipinski definition) is 3. The maximum absolute atomic E-state index is 12.8. The van der Waals surface area contributed by atoms with Gasteiger partial charge in [0.1, 0.15) is 5.65 Å². The van der Waals surface area contributed by atoms with E-state index in [1.165, 1.54) is 0 Å². The van der Waals surface area contributed by atoms with Crippen LogP contribution in [0.25, 0.3) is 11.7 Å². The van der Waals surface area contributed by atoms with E-state index in [1.54, 1.807) is 21.6 Å². The Balaban J connectivity index is 1.64. The zero-order chi connectivity index (χ0) is 18.1. The van der Waals surface area contributed by atoms with Gasteiger partial charge in [0.25, 0.3) is 5.56 Å². The van der Waals surface area contributed by atoms with E-state index in [9.17, 15) is 9.59 Å². The van der Waals surface area contributed by atoms with Gasteiger partial charge in [0.2, 0.25) is 5.91 Å². The first-order valence-electron chi connectivity index (χ1n) is 8.65. The normalized spacial score (nSPS) is 14.3. The molecule has 1 amide bonds. The molecule has 4 rings (SSSR count). The molecule has 130 valence electrons. The first-order chi connectivity index (χ1) is 12.6. The highest BCUT2D eigenvalue weighted by Crippen LogP contribution is 2.18. The van der Waals surface area contributed by atoms with Gasteiger partial charge in [0.15, 0.2) is 0 Å². The van der Waals surface area contributed by atoms with Gasteiger partial charge in [-0.05, 0) is 30.7 Å². The Morgan fingerprint density at radius 1 is 1.12 bits per heavy atom. The summed E-state index contributed by atoms with van der Waals surface area (Å²) >= 11 is 0. The van der Waals surface area contributed by atoms with E-state index in [0.29, 0.717) is 36.3 Å². The van der Waals surface area contributed by atoms with Gasteiger partial charge in [0.05, 0.1) is 17.8 Å². The predicted octanol–water partition coefficient (Wildman–Crippen LogP) is 2.68. The minimum atomic E-state index is -0.0900. The van der Waals surface area contributed by atoms with Gasteiger partial charge < -0.3 is 4.90 Å². The van der Waals surface area contributed by atoms with Crippen molar-refractivity contribution in [3.8, 4) is 0 Å². The molecule has 0 spiro atoms. The number of carbonyl (C=O) groups excluding carboxylic acids is 1. The lowest BCUT2D eigenvalue weighted by molar-refractivity contribution is -0.127. The van der Waals surface area contributed by atoms with Crippen LogP contribution < -0.4 is 5.56 Å². The molecule has 0 saturated heterocycles. The van der Waals surface area contributed by atoms with E-state index in [-0.39, 0.29) is 11.5 Å². The molecule has 0 fully saturated rings. The maximum atomic E-state index is 12.8.